The van der Waals surface area contributed by atoms with E-state index < -0.39 is 0 Å². The summed E-state index contributed by atoms with van der Waals surface area (Å²) in [5.74, 6) is 2.67. The molecule has 4 aromatic rings. The molecule has 0 spiro atoms. The highest BCUT2D eigenvalue weighted by molar-refractivity contribution is 9.10. The van der Waals surface area contributed by atoms with Gasteiger partial charge in [-0.2, -0.15) is 0 Å². The second-order valence-corrected chi connectivity index (χ2v) is 11.2. The Kier molecular flexibility index (Phi) is 4.05. The maximum Gasteiger partial charge on any atom is 0.0753 e. The van der Waals surface area contributed by atoms with Crippen molar-refractivity contribution in [2.24, 2.45) is 22.7 Å². The zero-order valence-electron chi connectivity index (χ0n) is 17.0. The average molecular weight is 531 g/mol. The summed E-state index contributed by atoms with van der Waals surface area (Å²) >= 11 is 7.32. The molecule has 0 saturated heterocycles. The quantitative estimate of drug-likeness (QED) is 0.218. The fourth-order valence-electron chi connectivity index (χ4n) is 6.80. The summed E-state index contributed by atoms with van der Waals surface area (Å²) in [5, 5.41) is 5.35. The molecule has 7 rings (SSSR count). The minimum absolute atomic E-state index is 0.542. The number of nitrogens with zero attached hydrogens (tertiary/aromatic N) is 1. The van der Waals surface area contributed by atoms with Gasteiger partial charge in [-0.05, 0) is 88.6 Å². The van der Waals surface area contributed by atoms with E-state index in [1.54, 1.807) is 0 Å². The minimum Gasteiger partial charge on any atom is -0.252 e. The van der Waals surface area contributed by atoms with E-state index >= 15 is 0 Å². The van der Waals surface area contributed by atoms with Crippen LogP contribution in [0.5, 0.6) is 0 Å². The van der Waals surface area contributed by atoms with Crippen LogP contribution in [0.2, 0.25) is 0 Å². The van der Waals surface area contributed by atoms with Crippen LogP contribution in [0.25, 0.3) is 21.5 Å². The summed E-state index contributed by atoms with van der Waals surface area (Å²) in [6, 6.07) is 24.5. The Morgan fingerprint density at radius 2 is 1.39 bits per heavy atom. The van der Waals surface area contributed by atoms with E-state index in [4.69, 9.17) is 4.99 Å². The molecule has 0 N–H and O–H groups in total. The number of aliphatic imine (C=N–C) groups is 1. The average Bonchev–Trinajstić information content (AvgIpc) is 3.42. The van der Waals surface area contributed by atoms with Crippen LogP contribution in [-0.2, 0) is 0 Å². The van der Waals surface area contributed by atoms with Gasteiger partial charge in [-0.1, -0.05) is 74.3 Å². The summed E-state index contributed by atoms with van der Waals surface area (Å²) in [6.07, 6.45) is 4.08. The van der Waals surface area contributed by atoms with Crippen LogP contribution in [0.1, 0.15) is 36.3 Å². The van der Waals surface area contributed by atoms with Crippen LogP contribution in [0.4, 0.5) is 5.69 Å². The molecule has 1 nitrogen and oxygen atoms in total. The zero-order valence-corrected chi connectivity index (χ0v) is 20.2. The van der Waals surface area contributed by atoms with E-state index in [-0.39, 0.29) is 0 Å². The first-order valence-electron chi connectivity index (χ1n) is 11.2. The lowest BCUT2D eigenvalue weighted by atomic mass is 9.68. The molecule has 2 fully saturated rings. The maximum absolute atomic E-state index is 5.50. The van der Waals surface area contributed by atoms with Gasteiger partial charge in [-0.15, -0.1) is 0 Å². The van der Waals surface area contributed by atoms with Crippen molar-refractivity contribution in [3.63, 3.8) is 0 Å². The van der Waals surface area contributed by atoms with E-state index in [9.17, 15) is 0 Å². The Morgan fingerprint density at radius 3 is 2.19 bits per heavy atom. The highest BCUT2D eigenvalue weighted by Gasteiger charge is 2.53. The molecule has 4 unspecified atom stereocenters. The first kappa shape index (κ1) is 18.6. The van der Waals surface area contributed by atoms with Gasteiger partial charge < -0.3 is 0 Å². The van der Waals surface area contributed by atoms with Gasteiger partial charge >= 0.3 is 0 Å². The highest BCUT2D eigenvalue weighted by Crippen LogP contribution is 2.63. The van der Waals surface area contributed by atoms with Gasteiger partial charge in [0.15, 0.2) is 0 Å². The Bertz CT molecular complexity index is 1400. The van der Waals surface area contributed by atoms with Crippen LogP contribution in [0.15, 0.2) is 80.7 Å². The van der Waals surface area contributed by atoms with Crippen LogP contribution >= 0.6 is 31.9 Å². The van der Waals surface area contributed by atoms with Gasteiger partial charge in [0, 0.05) is 20.2 Å². The molecule has 1 aliphatic heterocycles. The molecule has 3 heteroatoms. The smallest absolute Gasteiger partial charge is 0.0753 e. The number of hydrogen-bond acceptors (Lipinski definition) is 1. The molecule has 2 aliphatic carbocycles. The number of benzene rings is 4. The van der Waals surface area contributed by atoms with Gasteiger partial charge in [0.2, 0.25) is 0 Å². The molecule has 2 saturated carbocycles. The second kappa shape index (κ2) is 6.76. The van der Waals surface area contributed by atoms with Crippen molar-refractivity contribution < 1.29 is 0 Å². The molecule has 1 heterocycles. The number of hydrogen-bond donors (Lipinski definition) is 0. The molecule has 0 aromatic heterocycles. The largest absolute Gasteiger partial charge is 0.252 e. The van der Waals surface area contributed by atoms with Crippen LogP contribution in [0.3, 0.4) is 0 Å². The fraction of sp³-hybridized carbons (Fsp3) is 0.250. The summed E-state index contributed by atoms with van der Waals surface area (Å²) < 4.78 is 2.27. The van der Waals surface area contributed by atoms with Gasteiger partial charge in [-0.3, -0.25) is 4.99 Å². The third-order valence-electron chi connectivity index (χ3n) is 7.94. The highest BCUT2D eigenvalue weighted by atomic mass is 79.9. The van der Waals surface area contributed by atoms with Crippen molar-refractivity contribution >= 4 is 64.8 Å². The van der Waals surface area contributed by atoms with Crippen molar-refractivity contribution in [2.75, 3.05) is 0 Å². The van der Waals surface area contributed by atoms with Crippen molar-refractivity contribution in [2.45, 2.75) is 25.2 Å². The number of halogens is 2. The van der Waals surface area contributed by atoms with E-state index in [0.717, 1.165) is 20.8 Å². The van der Waals surface area contributed by atoms with Gasteiger partial charge in [0.05, 0.1) is 11.4 Å². The normalized spacial score (nSPS) is 26.2. The number of rotatable bonds is 1. The molecule has 3 aliphatic rings. The number of fused-ring (bicyclic) bond motifs is 12. The van der Waals surface area contributed by atoms with Crippen molar-refractivity contribution in [1.82, 2.24) is 0 Å². The molecule has 2 bridgehead atoms. The standard InChI is InChI=1S/C28H21Br2N/c29-18-9-7-15(8-10-18)27-25-17-6-5-16(13-17)24(25)26-21-12-11-19(30)14-23(21)20-3-1-2-4-22(20)28(26)31-27/h1-4,7-12,14,16-17,24-25H,5-6,13H2. The first-order chi connectivity index (χ1) is 15.2. The molecule has 4 aromatic carbocycles. The SMILES string of the molecule is Brc1ccc(C2=Nc3c(c4ccc(Br)cc4c4ccccc34)C3C4CCC(C4)C23)cc1. The Balaban J connectivity index is 1.61. The summed E-state index contributed by atoms with van der Waals surface area (Å²) in [5.41, 5.74) is 5.34. The van der Waals surface area contributed by atoms with Gasteiger partial charge in [0.1, 0.15) is 0 Å². The summed E-state index contributed by atoms with van der Waals surface area (Å²) in [7, 11) is 0. The summed E-state index contributed by atoms with van der Waals surface area (Å²) in [6.45, 7) is 0. The molecule has 31 heavy (non-hydrogen) atoms. The third-order valence-corrected chi connectivity index (χ3v) is 8.96. The van der Waals surface area contributed by atoms with Crippen LogP contribution < -0.4 is 0 Å². The van der Waals surface area contributed by atoms with Crippen LogP contribution in [0, 0.1) is 17.8 Å². The Labute approximate surface area is 198 Å². The van der Waals surface area contributed by atoms with E-state index in [2.05, 4.69) is 98.6 Å². The Morgan fingerprint density at radius 1 is 0.677 bits per heavy atom. The summed E-state index contributed by atoms with van der Waals surface area (Å²) in [4.78, 5) is 5.50. The predicted octanol–water partition coefficient (Wildman–Crippen LogP) is 8.78. The fourth-order valence-corrected chi connectivity index (χ4v) is 7.43. The lowest BCUT2D eigenvalue weighted by Gasteiger charge is -2.38. The van der Waals surface area contributed by atoms with E-state index in [0.29, 0.717) is 11.8 Å². The van der Waals surface area contributed by atoms with Crippen molar-refractivity contribution in [3.8, 4) is 0 Å². The molecular formula is C28H21Br2N. The monoisotopic (exact) mass is 529 g/mol. The topological polar surface area (TPSA) is 12.4 Å². The minimum atomic E-state index is 0.542. The van der Waals surface area contributed by atoms with Gasteiger partial charge in [-0.25, -0.2) is 0 Å². The van der Waals surface area contributed by atoms with Crippen LogP contribution in [-0.4, -0.2) is 5.71 Å². The lowest BCUT2D eigenvalue weighted by Crippen LogP contribution is -2.31. The molecule has 0 amide bonds. The molecule has 4 atom stereocenters. The van der Waals surface area contributed by atoms with Crippen molar-refractivity contribution in [3.05, 3.63) is 86.8 Å². The zero-order chi connectivity index (χ0) is 20.7. The lowest BCUT2D eigenvalue weighted by molar-refractivity contribution is 0.360. The maximum atomic E-state index is 5.50. The Hall–Kier alpha value is -1.97. The molecule has 152 valence electrons. The van der Waals surface area contributed by atoms with Gasteiger partial charge in [0.25, 0.3) is 0 Å². The third kappa shape index (κ3) is 2.63. The van der Waals surface area contributed by atoms with E-state index in [1.807, 2.05) is 0 Å². The van der Waals surface area contributed by atoms with E-state index in [1.165, 1.54) is 63.3 Å². The van der Waals surface area contributed by atoms with Crippen molar-refractivity contribution in [1.29, 1.82) is 0 Å². The first-order valence-corrected chi connectivity index (χ1v) is 12.8. The predicted molar refractivity (Wildman–Crippen MR) is 137 cm³/mol. The molecular weight excluding hydrogens is 510 g/mol. The second-order valence-electron chi connectivity index (χ2n) is 9.39. The molecule has 0 radical (unpaired) electrons.